The molecule has 0 atom stereocenters. The van der Waals surface area contributed by atoms with Crippen molar-refractivity contribution >= 4 is 40.2 Å². The van der Waals surface area contributed by atoms with Gasteiger partial charge in [0.2, 0.25) is 0 Å². The van der Waals surface area contributed by atoms with Gasteiger partial charge in [-0.15, -0.1) is 0 Å². The zero-order valence-corrected chi connectivity index (χ0v) is 18.6. The Kier molecular flexibility index (Phi) is 4.88. The fourth-order valence-corrected chi connectivity index (χ4v) is 4.38. The Hall–Kier alpha value is -4.79. The second kappa shape index (κ2) is 8.21. The lowest BCUT2D eigenvalue weighted by Crippen LogP contribution is -2.17. The number of nitrogens with two attached hydrogens (primary N) is 1. The van der Waals surface area contributed by atoms with Crippen molar-refractivity contribution in [3.8, 4) is 11.4 Å². The molecule has 0 bridgehead atoms. The standard InChI is InChI=1S/C26H20N6O3/c27-22-19(3-1-11-28-22)23-31-21-4-2-12-29-24(21)32(23)18-9-6-15(7-10-18)25(33)30-17-8-5-16-14-35-26(34)20(16)13-17/h1-6,8-9,11-13H,7,10,14H2,(H2,27,28)(H,30,33). The number of rotatable bonds is 4. The van der Waals surface area contributed by atoms with Gasteiger partial charge < -0.3 is 15.8 Å². The SMILES string of the molecule is Nc1ncccc1-c1nc2cccnc2n1C1=CC=C(C(=O)Nc2ccc3c(c2)C(=O)OC3)CC1. The number of nitrogens with zero attached hydrogens (tertiary/aromatic N) is 4. The van der Waals surface area contributed by atoms with E-state index in [-0.39, 0.29) is 18.5 Å². The summed E-state index contributed by atoms with van der Waals surface area (Å²) >= 11 is 0. The number of aromatic nitrogens is 4. The summed E-state index contributed by atoms with van der Waals surface area (Å²) in [5.41, 5.74) is 11.8. The number of amides is 1. The molecule has 6 rings (SSSR count). The Morgan fingerprint density at radius 1 is 1.03 bits per heavy atom. The van der Waals surface area contributed by atoms with E-state index in [0.717, 1.165) is 16.8 Å². The van der Waals surface area contributed by atoms with E-state index in [4.69, 9.17) is 15.5 Å². The normalized spacial score (nSPS) is 14.8. The number of pyridine rings is 2. The van der Waals surface area contributed by atoms with Gasteiger partial charge >= 0.3 is 5.97 Å². The number of esters is 1. The summed E-state index contributed by atoms with van der Waals surface area (Å²) in [7, 11) is 0. The number of benzene rings is 1. The van der Waals surface area contributed by atoms with Gasteiger partial charge in [-0.2, -0.15) is 0 Å². The number of carbonyl (C=O) groups is 2. The smallest absolute Gasteiger partial charge is 0.338 e. The zero-order chi connectivity index (χ0) is 23.9. The molecule has 0 saturated carbocycles. The van der Waals surface area contributed by atoms with Gasteiger partial charge in [0.25, 0.3) is 5.91 Å². The molecule has 0 radical (unpaired) electrons. The van der Waals surface area contributed by atoms with Gasteiger partial charge in [-0.25, -0.2) is 19.7 Å². The van der Waals surface area contributed by atoms with Crippen molar-refractivity contribution in [3.63, 3.8) is 0 Å². The van der Waals surface area contributed by atoms with Crippen LogP contribution in [0.2, 0.25) is 0 Å². The summed E-state index contributed by atoms with van der Waals surface area (Å²) in [5.74, 6) is 0.458. The van der Waals surface area contributed by atoms with Crippen LogP contribution in [0.1, 0.15) is 28.8 Å². The lowest BCUT2D eigenvalue weighted by atomic mass is 10.0. The van der Waals surface area contributed by atoms with Crippen molar-refractivity contribution in [1.82, 2.24) is 19.5 Å². The minimum atomic E-state index is -0.369. The molecule has 1 aliphatic heterocycles. The van der Waals surface area contributed by atoms with Crippen LogP contribution >= 0.6 is 0 Å². The topological polar surface area (TPSA) is 125 Å². The summed E-state index contributed by atoms with van der Waals surface area (Å²) < 4.78 is 7.00. The van der Waals surface area contributed by atoms with E-state index in [0.29, 0.717) is 52.5 Å². The van der Waals surface area contributed by atoms with Crippen LogP contribution in [0, 0.1) is 0 Å². The molecule has 3 aromatic heterocycles. The van der Waals surface area contributed by atoms with Crippen LogP contribution in [0.5, 0.6) is 0 Å². The number of ether oxygens (including phenoxy) is 1. The Bertz CT molecular complexity index is 1580. The molecule has 172 valence electrons. The summed E-state index contributed by atoms with van der Waals surface area (Å²) in [4.78, 5) is 38.2. The molecule has 1 aromatic carbocycles. The number of nitrogens with one attached hydrogen (secondary N) is 1. The number of carbonyl (C=O) groups excluding carboxylic acids is 2. The zero-order valence-electron chi connectivity index (χ0n) is 18.6. The Morgan fingerprint density at radius 2 is 1.89 bits per heavy atom. The Labute approximate surface area is 200 Å². The van der Waals surface area contributed by atoms with Gasteiger partial charge in [0.15, 0.2) is 5.65 Å². The summed E-state index contributed by atoms with van der Waals surface area (Å²) in [5, 5.41) is 2.89. The number of anilines is 2. The third kappa shape index (κ3) is 3.63. The highest BCUT2D eigenvalue weighted by atomic mass is 16.5. The van der Waals surface area contributed by atoms with Crippen molar-refractivity contribution in [2.45, 2.75) is 19.4 Å². The molecule has 0 fully saturated rings. The fourth-order valence-electron chi connectivity index (χ4n) is 4.38. The summed E-state index contributed by atoms with van der Waals surface area (Å²) in [6.45, 7) is 0.269. The molecule has 1 amide bonds. The predicted octanol–water partition coefficient (Wildman–Crippen LogP) is 3.95. The first kappa shape index (κ1) is 20.8. The molecule has 9 nitrogen and oxygen atoms in total. The van der Waals surface area contributed by atoms with Gasteiger partial charge in [0.1, 0.15) is 23.8 Å². The van der Waals surface area contributed by atoms with E-state index >= 15 is 0 Å². The van der Waals surface area contributed by atoms with E-state index in [1.165, 1.54) is 0 Å². The van der Waals surface area contributed by atoms with Crippen molar-refractivity contribution in [3.05, 3.63) is 83.7 Å². The molecule has 4 aromatic rings. The quantitative estimate of drug-likeness (QED) is 0.438. The molecule has 0 unspecified atom stereocenters. The maximum absolute atomic E-state index is 12.9. The van der Waals surface area contributed by atoms with Crippen LogP contribution in [0.15, 0.2) is 72.6 Å². The molecule has 1 aliphatic carbocycles. The van der Waals surface area contributed by atoms with Crippen molar-refractivity contribution in [2.75, 3.05) is 11.1 Å². The summed E-state index contributed by atoms with van der Waals surface area (Å²) in [6, 6.07) is 12.7. The van der Waals surface area contributed by atoms with E-state index in [2.05, 4.69) is 15.3 Å². The first-order valence-electron chi connectivity index (χ1n) is 11.1. The Balaban J connectivity index is 1.32. The fraction of sp³-hybridized carbons (Fsp3) is 0.115. The van der Waals surface area contributed by atoms with E-state index in [1.54, 1.807) is 36.7 Å². The number of nitrogen functional groups attached to an aromatic ring is 1. The molecule has 0 spiro atoms. The third-order valence-electron chi connectivity index (χ3n) is 6.15. The second-order valence-electron chi connectivity index (χ2n) is 8.31. The lowest BCUT2D eigenvalue weighted by molar-refractivity contribution is -0.113. The van der Waals surface area contributed by atoms with Crippen LogP contribution in [-0.4, -0.2) is 31.4 Å². The number of imidazole rings is 1. The van der Waals surface area contributed by atoms with Crippen LogP contribution < -0.4 is 11.1 Å². The predicted molar refractivity (Wildman–Crippen MR) is 131 cm³/mol. The highest BCUT2D eigenvalue weighted by Crippen LogP contribution is 2.33. The first-order valence-corrected chi connectivity index (χ1v) is 11.1. The molecule has 3 N–H and O–H groups in total. The molecule has 0 saturated heterocycles. The highest BCUT2D eigenvalue weighted by molar-refractivity contribution is 6.05. The van der Waals surface area contributed by atoms with E-state index in [1.807, 2.05) is 34.9 Å². The molecule has 4 heterocycles. The minimum absolute atomic E-state index is 0.211. The minimum Gasteiger partial charge on any atom is -0.457 e. The largest absolute Gasteiger partial charge is 0.457 e. The molecule has 35 heavy (non-hydrogen) atoms. The number of cyclic esters (lactones) is 1. The molecule has 9 heteroatoms. The van der Waals surface area contributed by atoms with Crippen LogP contribution in [0.25, 0.3) is 28.2 Å². The van der Waals surface area contributed by atoms with Gasteiger partial charge in [0, 0.05) is 34.9 Å². The third-order valence-corrected chi connectivity index (χ3v) is 6.15. The van der Waals surface area contributed by atoms with Crippen molar-refractivity contribution < 1.29 is 14.3 Å². The molecular weight excluding hydrogens is 444 g/mol. The second-order valence-corrected chi connectivity index (χ2v) is 8.31. The van der Waals surface area contributed by atoms with Crippen LogP contribution in [0.4, 0.5) is 11.5 Å². The lowest BCUT2D eigenvalue weighted by Gasteiger charge is -2.18. The van der Waals surface area contributed by atoms with E-state index in [9.17, 15) is 9.59 Å². The van der Waals surface area contributed by atoms with Gasteiger partial charge in [-0.3, -0.25) is 9.36 Å². The molecular formula is C26H20N6O3. The van der Waals surface area contributed by atoms with E-state index < -0.39 is 0 Å². The average Bonchev–Trinajstić information content (AvgIpc) is 3.45. The van der Waals surface area contributed by atoms with Crippen molar-refractivity contribution in [2.24, 2.45) is 0 Å². The van der Waals surface area contributed by atoms with Crippen LogP contribution in [0.3, 0.4) is 0 Å². The molecule has 2 aliphatic rings. The number of hydrogen-bond acceptors (Lipinski definition) is 7. The van der Waals surface area contributed by atoms with Gasteiger partial charge in [-0.1, -0.05) is 12.1 Å². The first-order chi connectivity index (χ1) is 17.1. The average molecular weight is 464 g/mol. The number of allylic oxidation sites excluding steroid dienone is 3. The number of hydrogen-bond donors (Lipinski definition) is 2. The maximum Gasteiger partial charge on any atom is 0.338 e. The summed E-state index contributed by atoms with van der Waals surface area (Å²) in [6.07, 6.45) is 8.21. The maximum atomic E-state index is 12.9. The van der Waals surface area contributed by atoms with Gasteiger partial charge in [0.05, 0.1) is 11.1 Å². The van der Waals surface area contributed by atoms with Crippen molar-refractivity contribution in [1.29, 1.82) is 0 Å². The monoisotopic (exact) mass is 464 g/mol. The van der Waals surface area contributed by atoms with Gasteiger partial charge in [-0.05, 0) is 55.3 Å². The van der Waals surface area contributed by atoms with Crippen LogP contribution in [-0.2, 0) is 16.1 Å². The Morgan fingerprint density at radius 3 is 2.71 bits per heavy atom. The number of fused-ring (bicyclic) bond motifs is 2. The highest BCUT2D eigenvalue weighted by Gasteiger charge is 2.23.